The number of oxazole rings is 1. The molecular formula is C20H24ClN3O2. The molecule has 3 N–H and O–H groups in total. The highest BCUT2D eigenvalue weighted by Gasteiger charge is 2.21. The number of nitrogens with zero attached hydrogens (tertiary/aromatic N) is 1. The summed E-state index contributed by atoms with van der Waals surface area (Å²) in [5.74, 6) is 0.453. The minimum atomic E-state index is -0.611. The number of aromatic nitrogens is 1. The number of hydrogen-bond acceptors (Lipinski definition) is 4. The molecule has 3 rings (SSSR count). The molecule has 1 amide bonds. The van der Waals surface area contributed by atoms with Crippen molar-refractivity contribution >= 4 is 35.1 Å². The quantitative estimate of drug-likeness (QED) is 0.722. The van der Waals surface area contributed by atoms with Crippen molar-refractivity contribution in [3.8, 4) is 0 Å². The van der Waals surface area contributed by atoms with Crippen molar-refractivity contribution in [2.24, 2.45) is 5.73 Å². The van der Waals surface area contributed by atoms with Crippen LogP contribution in [0.1, 0.15) is 32.2 Å². The number of amides is 1. The summed E-state index contributed by atoms with van der Waals surface area (Å²) in [6, 6.07) is 14.5. The Hall–Kier alpha value is -2.37. The van der Waals surface area contributed by atoms with E-state index < -0.39 is 6.04 Å². The van der Waals surface area contributed by atoms with E-state index in [1.54, 1.807) is 12.1 Å². The Kier molecular flexibility index (Phi) is 6.05. The maximum Gasteiger partial charge on any atom is 0.241 e. The second kappa shape index (κ2) is 7.89. The molecule has 0 saturated carbocycles. The predicted molar refractivity (Wildman–Crippen MR) is 107 cm³/mol. The smallest absolute Gasteiger partial charge is 0.241 e. The Morgan fingerprint density at radius 3 is 2.54 bits per heavy atom. The van der Waals surface area contributed by atoms with Gasteiger partial charge in [-0.25, -0.2) is 4.98 Å². The third-order valence-electron chi connectivity index (χ3n) is 3.93. The maximum atomic E-state index is 12.3. The van der Waals surface area contributed by atoms with Gasteiger partial charge in [0.15, 0.2) is 5.58 Å². The molecule has 0 aliphatic carbocycles. The van der Waals surface area contributed by atoms with Gasteiger partial charge in [-0.2, -0.15) is 0 Å². The fourth-order valence-corrected chi connectivity index (χ4v) is 2.52. The molecule has 6 heteroatoms. The highest BCUT2D eigenvalue weighted by atomic mass is 35.5. The summed E-state index contributed by atoms with van der Waals surface area (Å²) in [6.07, 6.45) is 0.493. The number of carbonyl (C=O) groups is 1. The number of nitrogens with one attached hydrogen (secondary N) is 1. The normalized spacial score (nSPS) is 12.5. The molecule has 1 atom stereocenters. The van der Waals surface area contributed by atoms with Crippen LogP contribution in [0.15, 0.2) is 52.9 Å². The summed E-state index contributed by atoms with van der Waals surface area (Å²) in [5, 5.41) is 2.86. The highest BCUT2D eigenvalue weighted by Crippen LogP contribution is 2.27. The van der Waals surface area contributed by atoms with E-state index in [2.05, 4.69) is 10.3 Å². The van der Waals surface area contributed by atoms with Gasteiger partial charge in [-0.1, -0.05) is 51.1 Å². The number of hydrogen-bond donors (Lipinski definition) is 2. The molecule has 0 fully saturated rings. The topological polar surface area (TPSA) is 81.2 Å². The Balaban J connectivity index is 0.00000243. The molecule has 138 valence electrons. The first-order valence-corrected chi connectivity index (χ1v) is 8.34. The van der Waals surface area contributed by atoms with E-state index in [9.17, 15) is 4.79 Å². The van der Waals surface area contributed by atoms with Crippen LogP contribution in [0, 0.1) is 0 Å². The summed E-state index contributed by atoms with van der Waals surface area (Å²) >= 11 is 0. The maximum absolute atomic E-state index is 12.3. The summed E-state index contributed by atoms with van der Waals surface area (Å²) in [5.41, 5.74) is 8.98. The SMILES string of the molecule is CC(C)(C)c1nc2cc(NC(=O)C(N)Cc3ccccc3)ccc2o1.Cl. The van der Waals surface area contributed by atoms with Crippen LogP contribution in [-0.4, -0.2) is 16.9 Å². The number of carbonyl (C=O) groups excluding carboxylic acids is 1. The van der Waals surface area contributed by atoms with E-state index in [1.165, 1.54) is 0 Å². The summed E-state index contributed by atoms with van der Waals surface area (Å²) in [7, 11) is 0. The molecule has 0 radical (unpaired) electrons. The van der Waals surface area contributed by atoms with Crippen LogP contribution in [0.4, 0.5) is 5.69 Å². The number of nitrogens with two attached hydrogens (primary N) is 1. The van der Waals surface area contributed by atoms with Gasteiger partial charge < -0.3 is 15.5 Å². The molecule has 2 aromatic carbocycles. The van der Waals surface area contributed by atoms with Crippen LogP contribution >= 0.6 is 12.4 Å². The number of benzene rings is 2. The first kappa shape index (κ1) is 19.9. The molecule has 0 spiro atoms. The van der Waals surface area contributed by atoms with Crippen molar-refractivity contribution in [3.63, 3.8) is 0 Å². The Bertz CT molecular complexity index is 885. The predicted octanol–water partition coefficient (Wildman–Crippen LogP) is 4.06. The molecule has 5 nitrogen and oxygen atoms in total. The van der Waals surface area contributed by atoms with E-state index >= 15 is 0 Å². The van der Waals surface area contributed by atoms with Gasteiger partial charge in [0.1, 0.15) is 5.52 Å². The number of fused-ring (bicyclic) bond motifs is 1. The van der Waals surface area contributed by atoms with Crippen LogP contribution < -0.4 is 11.1 Å². The second-order valence-electron chi connectivity index (χ2n) is 7.24. The molecule has 0 saturated heterocycles. The average molecular weight is 374 g/mol. The average Bonchev–Trinajstić information content (AvgIpc) is 2.99. The van der Waals surface area contributed by atoms with E-state index in [0.29, 0.717) is 23.6 Å². The lowest BCUT2D eigenvalue weighted by atomic mass is 9.97. The van der Waals surface area contributed by atoms with Crippen molar-refractivity contribution in [1.82, 2.24) is 4.98 Å². The standard InChI is InChI=1S/C20H23N3O2.ClH/c1-20(2,3)19-23-16-12-14(9-10-17(16)25-19)22-18(24)15(21)11-13-7-5-4-6-8-13;/h4-10,12,15H,11,21H2,1-3H3,(H,22,24);1H. The van der Waals surface area contributed by atoms with Crippen LogP contribution in [-0.2, 0) is 16.6 Å². The molecule has 1 heterocycles. The van der Waals surface area contributed by atoms with Crippen LogP contribution in [0.3, 0.4) is 0 Å². The minimum absolute atomic E-state index is 0. The van der Waals surface area contributed by atoms with Crippen LogP contribution in [0.2, 0.25) is 0 Å². The fourth-order valence-electron chi connectivity index (χ4n) is 2.52. The van der Waals surface area contributed by atoms with E-state index in [1.807, 2.05) is 57.2 Å². The first-order chi connectivity index (χ1) is 11.8. The van der Waals surface area contributed by atoms with Gasteiger partial charge in [0.25, 0.3) is 0 Å². The Labute approximate surface area is 159 Å². The van der Waals surface area contributed by atoms with Crippen LogP contribution in [0.25, 0.3) is 11.1 Å². The lowest BCUT2D eigenvalue weighted by Crippen LogP contribution is -2.37. The van der Waals surface area contributed by atoms with Gasteiger partial charge in [0, 0.05) is 11.1 Å². The minimum Gasteiger partial charge on any atom is -0.440 e. The molecule has 0 bridgehead atoms. The number of rotatable bonds is 4. The molecule has 3 aromatic rings. The largest absolute Gasteiger partial charge is 0.440 e. The van der Waals surface area contributed by atoms with Crippen molar-refractivity contribution in [3.05, 3.63) is 60.0 Å². The molecular weight excluding hydrogens is 350 g/mol. The Morgan fingerprint density at radius 1 is 1.19 bits per heavy atom. The highest BCUT2D eigenvalue weighted by molar-refractivity contribution is 5.96. The number of anilines is 1. The van der Waals surface area contributed by atoms with Gasteiger partial charge in [-0.3, -0.25) is 4.79 Å². The van der Waals surface area contributed by atoms with Gasteiger partial charge in [0.05, 0.1) is 6.04 Å². The zero-order chi connectivity index (χ0) is 18.0. The monoisotopic (exact) mass is 373 g/mol. The van der Waals surface area contributed by atoms with E-state index in [4.69, 9.17) is 10.2 Å². The first-order valence-electron chi connectivity index (χ1n) is 8.34. The summed E-state index contributed by atoms with van der Waals surface area (Å²) in [4.78, 5) is 16.9. The van der Waals surface area contributed by atoms with E-state index in [-0.39, 0.29) is 23.7 Å². The third kappa shape index (κ3) is 4.62. The van der Waals surface area contributed by atoms with Crippen molar-refractivity contribution in [2.75, 3.05) is 5.32 Å². The van der Waals surface area contributed by atoms with Gasteiger partial charge in [0.2, 0.25) is 11.8 Å². The van der Waals surface area contributed by atoms with Gasteiger partial charge in [-0.15, -0.1) is 12.4 Å². The lowest BCUT2D eigenvalue weighted by molar-refractivity contribution is -0.117. The molecule has 0 aliphatic rings. The lowest BCUT2D eigenvalue weighted by Gasteiger charge is -2.12. The zero-order valence-electron chi connectivity index (χ0n) is 15.2. The van der Waals surface area contributed by atoms with Crippen LogP contribution in [0.5, 0.6) is 0 Å². The summed E-state index contributed by atoms with van der Waals surface area (Å²) in [6.45, 7) is 6.13. The fraction of sp³-hybridized carbons (Fsp3) is 0.300. The molecule has 0 aliphatic heterocycles. The molecule has 1 unspecified atom stereocenters. The Morgan fingerprint density at radius 2 is 1.88 bits per heavy atom. The van der Waals surface area contributed by atoms with Gasteiger partial charge in [-0.05, 0) is 30.2 Å². The zero-order valence-corrected chi connectivity index (χ0v) is 16.0. The molecule has 1 aromatic heterocycles. The summed E-state index contributed by atoms with van der Waals surface area (Å²) < 4.78 is 5.77. The number of halogens is 1. The second-order valence-corrected chi connectivity index (χ2v) is 7.24. The van der Waals surface area contributed by atoms with Crippen molar-refractivity contribution < 1.29 is 9.21 Å². The third-order valence-corrected chi connectivity index (χ3v) is 3.93. The molecule has 26 heavy (non-hydrogen) atoms. The van der Waals surface area contributed by atoms with Crippen molar-refractivity contribution in [1.29, 1.82) is 0 Å². The van der Waals surface area contributed by atoms with Gasteiger partial charge >= 0.3 is 0 Å². The van der Waals surface area contributed by atoms with Crippen molar-refractivity contribution in [2.45, 2.75) is 38.6 Å². The van der Waals surface area contributed by atoms with E-state index in [0.717, 1.165) is 11.1 Å².